The summed E-state index contributed by atoms with van der Waals surface area (Å²) in [4.78, 5) is 11.8. The highest BCUT2D eigenvalue weighted by Gasteiger charge is 2.11. The van der Waals surface area contributed by atoms with Crippen molar-refractivity contribution in [2.45, 2.75) is 6.61 Å². The van der Waals surface area contributed by atoms with Gasteiger partial charge in [0, 0.05) is 5.56 Å². The standard InChI is InChI=1S/C15H14FNO3/c1-19-14-5-3-2-4-11(14)9-20-15(18)10-6-7-12(16)13(17)8-10/h2-8H,9,17H2,1H3. The first-order valence-electron chi connectivity index (χ1n) is 5.96. The van der Waals surface area contributed by atoms with Crippen LogP contribution in [0, 0.1) is 5.82 Å². The van der Waals surface area contributed by atoms with E-state index >= 15 is 0 Å². The van der Waals surface area contributed by atoms with Crippen LogP contribution in [0.1, 0.15) is 15.9 Å². The van der Waals surface area contributed by atoms with Crippen molar-refractivity contribution in [1.82, 2.24) is 0 Å². The molecule has 2 N–H and O–H groups in total. The molecule has 0 aromatic heterocycles. The maximum absolute atomic E-state index is 13.0. The number of halogens is 1. The van der Waals surface area contributed by atoms with Crippen LogP contribution in [0.2, 0.25) is 0 Å². The normalized spacial score (nSPS) is 10.1. The number of hydrogen-bond donors (Lipinski definition) is 1. The zero-order valence-corrected chi connectivity index (χ0v) is 10.9. The van der Waals surface area contributed by atoms with Crippen LogP contribution in [0.15, 0.2) is 42.5 Å². The van der Waals surface area contributed by atoms with E-state index in [4.69, 9.17) is 15.2 Å². The van der Waals surface area contributed by atoms with Gasteiger partial charge in [-0.1, -0.05) is 18.2 Å². The molecule has 0 unspecified atom stereocenters. The fourth-order valence-corrected chi connectivity index (χ4v) is 1.72. The molecule has 20 heavy (non-hydrogen) atoms. The van der Waals surface area contributed by atoms with Gasteiger partial charge in [0.15, 0.2) is 0 Å². The highest BCUT2D eigenvalue weighted by atomic mass is 19.1. The molecule has 0 aliphatic heterocycles. The molecule has 0 amide bonds. The van der Waals surface area contributed by atoms with Gasteiger partial charge < -0.3 is 15.2 Å². The maximum Gasteiger partial charge on any atom is 0.338 e. The van der Waals surface area contributed by atoms with Gasteiger partial charge in [0.25, 0.3) is 0 Å². The zero-order valence-electron chi connectivity index (χ0n) is 10.9. The molecule has 0 saturated carbocycles. The summed E-state index contributed by atoms with van der Waals surface area (Å²) in [5.41, 5.74) is 6.28. The number of benzene rings is 2. The number of para-hydroxylation sites is 1. The Morgan fingerprint density at radius 3 is 2.70 bits per heavy atom. The first kappa shape index (κ1) is 13.9. The van der Waals surface area contributed by atoms with Gasteiger partial charge in [-0.05, 0) is 24.3 Å². The Labute approximate surface area is 115 Å². The third-order valence-corrected chi connectivity index (χ3v) is 2.78. The number of anilines is 1. The van der Waals surface area contributed by atoms with E-state index in [0.29, 0.717) is 5.75 Å². The smallest absolute Gasteiger partial charge is 0.338 e. The molecule has 0 spiro atoms. The van der Waals surface area contributed by atoms with Gasteiger partial charge >= 0.3 is 5.97 Å². The summed E-state index contributed by atoms with van der Waals surface area (Å²) < 4.78 is 23.3. The minimum atomic E-state index is -0.567. The summed E-state index contributed by atoms with van der Waals surface area (Å²) in [6.07, 6.45) is 0. The van der Waals surface area contributed by atoms with Crippen LogP contribution in [0.3, 0.4) is 0 Å². The van der Waals surface area contributed by atoms with E-state index in [1.165, 1.54) is 12.1 Å². The third kappa shape index (κ3) is 3.06. The number of methoxy groups -OCH3 is 1. The summed E-state index contributed by atoms with van der Waals surface area (Å²) in [5, 5.41) is 0. The number of nitrogen functional groups attached to an aromatic ring is 1. The molecule has 4 nitrogen and oxygen atoms in total. The Bertz CT molecular complexity index is 628. The Morgan fingerprint density at radius 1 is 1.25 bits per heavy atom. The molecule has 0 heterocycles. The first-order valence-corrected chi connectivity index (χ1v) is 5.96. The van der Waals surface area contributed by atoms with E-state index in [9.17, 15) is 9.18 Å². The van der Waals surface area contributed by atoms with Crippen molar-refractivity contribution >= 4 is 11.7 Å². The number of rotatable bonds is 4. The largest absolute Gasteiger partial charge is 0.496 e. The van der Waals surface area contributed by atoms with Crippen LogP contribution in [-0.2, 0) is 11.3 Å². The molecule has 5 heteroatoms. The topological polar surface area (TPSA) is 61.5 Å². The fraction of sp³-hybridized carbons (Fsp3) is 0.133. The van der Waals surface area contributed by atoms with Crippen molar-refractivity contribution in [2.24, 2.45) is 0 Å². The summed E-state index contributed by atoms with van der Waals surface area (Å²) in [6, 6.07) is 10.9. The lowest BCUT2D eigenvalue weighted by Crippen LogP contribution is -2.07. The van der Waals surface area contributed by atoms with E-state index in [2.05, 4.69) is 0 Å². The number of esters is 1. The second-order valence-corrected chi connectivity index (χ2v) is 4.12. The van der Waals surface area contributed by atoms with Crippen molar-refractivity contribution in [3.05, 3.63) is 59.4 Å². The average Bonchev–Trinajstić information content (AvgIpc) is 2.47. The van der Waals surface area contributed by atoms with Crippen molar-refractivity contribution in [2.75, 3.05) is 12.8 Å². The van der Waals surface area contributed by atoms with E-state index < -0.39 is 11.8 Å². The molecule has 0 aliphatic rings. The number of carbonyl (C=O) groups excluding carboxylic acids is 1. The van der Waals surface area contributed by atoms with Crippen LogP contribution in [0.4, 0.5) is 10.1 Å². The van der Waals surface area contributed by atoms with Gasteiger partial charge in [0.2, 0.25) is 0 Å². The van der Waals surface area contributed by atoms with Gasteiger partial charge in [-0.15, -0.1) is 0 Å². The van der Waals surface area contributed by atoms with Crippen molar-refractivity contribution in [1.29, 1.82) is 0 Å². The molecule has 0 radical (unpaired) electrons. The van der Waals surface area contributed by atoms with Crippen LogP contribution in [-0.4, -0.2) is 13.1 Å². The molecule has 2 aromatic rings. The van der Waals surface area contributed by atoms with Crippen LogP contribution < -0.4 is 10.5 Å². The van der Waals surface area contributed by atoms with Gasteiger partial charge in [0.05, 0.1) is 18.4 Å². The highest BCUT2D eigenvalue weighted by Crippen LogP contribution is 2.19. The molecular formula is C15H14FNO3. The Kier molecular flexibility index (Phi) is 4.20. The Hall–Kier alpha value is -2.56. The van der Waals surface area contributed by atoms with E-state index in [-0.39, 0.29) is 17.9 Å². The molecule has 0 aliphatic carbocycles. The van der Waals surface area contributed by atoms with Gasteiger partial charge in [-0.3, -0.25) is 0 Å². The van der Waals surface area contributed by atoms with E-state index in [0.717, 1.165) is 11.6 Å². The lowest BCUT2D eigenvalue weighted by atomic mass is 10.2. The summed E-state index contributed by atoms with van der Waals surface area (Å²) in [5.74, 6) is -0.493. The molecule has 2 rings (SSSR count). The lowest BCUT2D eigenvalue weighted by molar-refractivity contribution is 0.0470. The van der Waals surface area contributed by atoms with Gasteiger partial charge in [0.1, 0.15) is 18.2 Å². The number of ether oxygens (including phenoxy) is 2. The average molecular weight is 275 g/mol. The number of nitrogens with two attached hydrogens (primary N) is 1. The van der Waals surface area contributed by atoms with Crippen molar-refractivity contribution < 1.29 is 18.7 Å². The predicted octanol–water partition coefficient (Wildman–Crippen LogP) is 2.77. The first-order chi connectivity index (χ1) is 9.61. The number of hydrogen-bond acceptors (Lipinski definition) is 4. The SMILES string of the molecule is COc1ccccc1COC(=O)c1ccc(F)c(N)c1. The fourth-order valence-electron chi connectivity index (χ4n) is 1.72. The minimum Gasteiger partial charge on any atom is -0.496 e. The molecule has 2 aromatic carbocycles. The second kappa shape index (κ2) is 6.06. The predicted molar refractivity (Wildman–Crippen MR) is 72.9 cm³/mol. The minimum absolute atomic E-state index is 0.0696. The van der Waals surface area contributed by atoms with E-state index in [1.54, 1.807) is 19.2 Å². The maximum atomic E-state index is 13.0. The molecule has 0 bridgehead atoms. The van der Waals surface area contributed by atoms with Crippen LogP contribution >= 0.6 is 0 Å². The molecule has 0 atom stereocenters. The van der Waals surface area contributed by atoms with Crippen LogP contribution in [0.25, 0.3) is 0 Å². The summed E-state index contributed by atoms with van der Waals surface area (Å²) in [7, 11) is 1.54. The van der Waals surface area contributed by atoms with Crippen molar-refractivity contribution in [3.63, 3.8) is 0 Å². The summed E-state index contributed by atoms with van der Waals surface area (Å²) in [6.45, 7) is 0.0696. The van der Waals surface area contributed by atoms with Gasteiger partial charge in [-0.25, -0.2) is 9.18 Å². The third-order valence-electron chi connectivity index (χ3n) is 2.78. The second-order valence-electron chi connectivity index (χ2n) is 4.12. The monoisotopic (exact) mass is 275 g/mol. The Morgan fingerprint density at radius 2 is 2.00 bits per heavy atom. The Balaban J connectivity index is 2.06. The van der Waals surface area contributed by atoms with Gasteiger partial charge in [-0.2, -0.15) is 0 Å². The molecular weight excluding hydrogens is 261 g/mol. The van der Waals surface area contributed by atoms with Crippen molar-refractivity contribution in [3.8, 4) is 5.75 Å². The summed E-state index contributed by atoms with van der Waals surface area (Å²) >= 11 is 0. The molecule has 0 saturated heterocycles. The lowest BCUT2D eigenvalue weighted by Gasteiger charge is -2.09. The highest BCUT2D eigenvalue weighted by molar-refractivity contribution is 5.90. The quantitative estimate of drug-likeness (QED) is 0.688. The molecule has 0 fully saturated rings. The zero-order chi connectivity index (χ0) is 14.5. The van der Waals surface area contributed by atoms with E-state index in [1.807, 2.05) is 12.1 Å². The number of carbonyl (C=O) groups is 1. The molecule has 104 valence electrons. The van der Waals surface area contributed by atoms with Crippen LogP contribution in [0.5, 0.6) is 5.75 Å².